The van der Waals surface area contributed by atoms with Crippen LogP contribution < -0.4 is 0 Å². The number of nitrogens with zero attached hydrogens (tertiary/aromatic N) is 2. The normalized spacial score (nSPS) is 11.8. The average Bonchev–Trinajstić information content (AvgIpc) is 3.73. The monoisotopic (exact) mass is 660 g/mol. The Labute approximate surface area is 301 Å². The molecule has 2 heteroatoms. The highest BCUT2D eigenvalue weighted by molar-refractivity contribution is 6.22. The van der Waals surface area contributed by atoms with E-state index in [2.05, 4.69) is 203 Å². The van der Waals surface area contributed by atoms with Crippen LogP contribution in [0.3, 0.4) is 0 Å². The Morgan fingerprint density at radius 1 is 0.231 bits per heavy atom. The second-order valence-electron chi connectivity index (χ2n) is 13.7. The smallest absolute Gasteiger partial charge is 0.0547 e. The standard InChI is InChI=1S/C50H32N2/c1-2-16-35(17-3-1)51-45-26-11-10-21-39(45)40-30-29-34(32-48(40)51)50-43-24-6-4-22-41(43)49(42-23-5-7-25-44(42)50)33-15-14-18-36(31-33)52-46-27-12-8-19-37(46)38-20-9-13-28-47(38)52/h1-32H. The molecule has 9 aromatic carbocycles. The minimum absolute atomic E-state index is 1.16. The first-order chi connectivity index (χ1) is 25.8. The van der Waals surface area contributed by atoms with E-state index >= 15 is 0 Å². The highest BCUT2D eigenvalue weighted by Gasteiger charge is 2.20. The molecule has 0 amide bonds. The topological polar surface area (TPSA) is 9.86 Å². The molecule has 11 rings (SSSR count). The van der Waals surface area contributed by atoms with Crippen molar-refractivity contribution in [2.45, 2.75) is 0 Å². The van der Waals surface area contributed by atoms with Gasteiger partial charge in [-0.1, -0.05) is 146 Å². The van der Waals surface area contributed by atoms with Crippen LogP contribution in [0.4, 0.5) is 0 Å². The zero-order valence-electron chi connectivity index (χ0n) is 28.4. The van der Waals surface area contributed by atoms with Crippen LogP contribution >= 0.6 is 0 Å². The summed E-state index contributed by atoms with van der Waals surface area (Å²) in [4.78, 5) is 0. The predicted molar refractivity (Wildman–Crippen MR) is 221 cm³/mol. The molecule has 2 heterocycles. The third-order valence-electron chi connectivity index (χ3n) is 10.9. The van der Waals surface area contributed by atoms with Gasteiger partial charge in [-0.3, -0.25) is 0 Å². The highest BCUT2D eigenvalue weighted by atomic mass is 15.0. The predicted octanol–water partition coefficient (Wildman–Crippen LogP) is 13.5. The fourth-order valence-corrected chi connectivity index (χ4v) is 8.73. The largest absolute Gasteiger partial charge is 0.309 e. The molecular weight excluding hydrogens is 629 g/mol. The molecule has 0 saturated heterocycles. The van der Waals surface area contributed by atoms with E-state index in [9.17, 15) is 0 Å². The van der Waals surface area contributed by atoms with Crippen molar-refractivity contribution in [3.8, 4) is 33.6 Å². The molecular formula is C50H32N2. The van der Waals surface area contributed by atoms with Crippen molar-refractivity contribution < 1.29 is 0 Å². The van der Waals surface area contributed by atoms with Crippen molar-refractivity contribution in [3.63, 3.8) is 0 Å². The molecule has 0 unspecified atom stereocenters. The van der Waals surface area contributed by atoms with Gasteiger partial charge in [0, 0.05) is 32.9 Å². The molecule has 0 fully saturated rings. The van der Waals surface area contributed by atoms with E-state index in [0.717, 1.165) is 5.69 Å². The fourth-order valence-electron chi connectivity index (χ4n) is 8.73. The van der Waals surface area contributed by atoms with Gasteiger partial charge in [-0.2, -0.15) is 0 Å². The number of hydrogen-bond acceptors (Lipinski definition) is 0. The Hall–Kier alpha value is -6.90. The van der Waals surface area contributed by atoms with Crippen LogP contribution in [0.5, 0.6) is 0 Å². The summed E-state index contributed by atoms with van der Waals surface area (Å²) in [5.41, 5.74) is 12.1. The van der Waals surface area contributed by atoms with Crippen molar-refractivity contribution in [2.24, 2.45) is 0 Å². The van der Waals surface area contributed by atoms with Gasteiger partial charge in [0.25, 0.3) is 0 Å². The summed E-state index contributed by atoms with van der Waals surface area (Å²) in [6, 6.07) is 71.0. The van der Waals surface area contributed by atoms with Crippen LogP contribution in [0.15, 0.2) is 194 Å². The highest BCUT2D eigenvalue weighted by Crippen LogP contribution is 2.45. The van der Waals surface area contributed by atoms with E-state index < -0.39 is 0 Å². The second kappa shape index (κ2) is 11.3. The Bertz CT molecular complexity index is 3070. The minimum Gasteiger partial charge on any atom is -0.309 e. The summed E-state index contributed by atoms with van der Waals surface area (Å²) in [5.74, 6) is 0. The number of para-hydroxylation sites is 4. The van der Waals surface area contributed by atoms with Gasteiger partial charge >= 0.3 is 0 Å². The fraction of sp³-hybridized carbons (Fsp3) is 0. The Morgan fingerprint density at radius 2 is 0.615 bits per heavy atom. The Morgan fingerprint density at radius 3 is 1.13 bits per heavy atom. The first kappa shape index (κ1) is 28.9. The number of rotatable bonds is 4. The molecule has 0 spiro atoms. The summed E-state index contributed by atoms with van der Waals surface area (Å²) in [6.07, 6.45) is 0. The lowest BCUT2D eigenvalue weighted by Gasteiger charge is -2.19. The van der Waals surface area contributed by atoms with Crippen LogP contribution in [0.1, 0.15) is 0 Å². The Balaban J connectivity index is 1.18. The van der Waals surface area contributed by atoms with Crippen molar-refractivity contribution in [1.82, 2.24) is 9.13 Å². The molecule has 2 nitrogen and oxygen atoms in total. The third kappa shape index (κ3) is 4.19. The first-order valence-electron chi connectivity index (χ1n) is 17.9. The molecule has 0 aliphatic heterocycles. The number of aromatic nitrogens is 2. The van der Waals surface area contributed by atoms with Gasteiger partial charge in [-0.25, -0.2) is 0 Å². The molecule has 0 N–H and O–H groups in total. The summed E-state index contributed by atoms with van der Waals surface area (Å²) >= 11 is 0. The van der Waals surface area contributed by atoms with Gasteiger partial charge in [0.05, 0.1) is 22.1 Å². The lowest BCUT2D eigenvalue weighted by Crippen LogP contribution is -1.96. The van der Waals surface area contributed by atoms with Gasteiger partial charge in [0.1, 0.15) is 0 Å². The molecule has 52 heavy (non-hydrogen) atoms. The van der Waals surface area contributed by atoms with Crippen molar-refractivity contribution in [2.75, 3.05) is 0 Å². The van der Waals surface area contributed by atoms with Crippen LogP contribution in [-0.4, -0.2) is 9.13 Å². The molecule has 242 valence electrons. The zero-order valence-corrected chi connectivity index (χ0v) is 28.4. The second-order valence-corrected chi connectivity index (χ2v) is 13.7. The number of fused-ring (bicyclic) bond motifs is 8. The maximum absolute atomic E-state index is 2.41. The van der Waals surface area contributed by atoms with E-state index in [0.29, 0.717) is 0 Å². The molecule has 0 radical (unpaired) electrons. The van der Waals surface area contributed by atoms with E-state index in [1.165, 1.54) is 93.1 Å². The molecule has 0 bridgehead atoms. The van der Waals surface area contributed by atoms with E-state index in [1.54, 1.807) is 0 Å². The molecule has 0 aliphatic rings. The molecule has 0 aliphatic carbocycles. The lowest BCUT2D eigenvalue weighted by atomic mass is 9.85. The molecule has 0 atom stereocenters. The molecule has 11 aromatic rings. The Kier molecular flexibility index (Phi) is 6.28. The molecule has 0 saturated carbocycles. The van der Waals surface area contributed by atoms with E-state index in [-0.39, 0.29) is 0 Å². The van der Waals surface area contributed by atoms with Crippen LogP contribution in [0.2, 0.25) is 0 Å². The van der Waals surface area contributed by atoms with E-state index in [4.69, 9.17) is 0 Å². The van der Waals surface area contributed by atoms with Crippen LogP contribution in [0, 0.1) is 0 Å². The van der Waals surface area contributed by atoms with Crippen molar-refractivity contribution >= 4 is 65.2 Å². The van der Waals surface area contributed by atoms with Gasteiger partial charge in [-0.05, 0) is 92.3 Å². The lowest BCUT2D eigenvalue weighted by molar-refractivity contribution is 1.18. The minimum atomic E-state index is 1.16. The van der Waals surface area contributed by atoms with Crippen molar-refractivity contribution in [1.29, 1.82) is 0 Å². The first-order valence-corrected chi connectivity index (χ1v) is 17.9. The number of benzene rings is 9. The maximum Gasteiger partial charge on any atom is 0.0547 e. The quantitative estimate of drug-likeness (QED) is 0.166. The summed E-state index contributed by atoms with van der Waals surface area (Å²) < 4.78 is 4.82. The number of hydrogen-bond donors (Lipinski definition) is 0. The van der Waals surface area contributed by atoms with Gasteiger partial charge in [0.2, 0.25) is 0 Å². The van der Waals surface area contributed by atoms with E-state index in [1.807, 2.05) is 0 Å². The summed E-state index contributed by atoms with van der Waals surface area (Å²) in [7, 11) is 0. The summed E-state index contributed by atoms with van der Waals surface area (Å²) in [5, 5.41) is 10.1. The SMILES string of the molecule is c1ccc(-n2c3ccccc3c3ccc(-c4c5ccccc5c(-c5cccc(-n6c7ccccc7c7ccccc76)c5)c5ccccc45)cc32)cc1. The van der Waals surface area contributed by atoms with Crippen LogP contribution in [0.25, 0.3) is 98.8 Å². The zero-order chi connectivity index (χ0) is 34.2. The third-order valence-corrected chi connectivity index (χ3v) is 10.9. The average molecular weight is 661 g/mol. The summed E-state index contributed by atoms with van der Waals surface area (Å²) in [6.45, 7) is 0. The maximum atomic E-state index is 2.41. The van der Waals surface area contributed by atoms with Crippen molar-refractivity contribution in [3.05, 3.63) is 194 Å². The molecule has 2 aromatic heterocycles. The van der Waals surface area contributed by atoms with Gasteiger partial charge in [0.15, 0.2) is 0 Å². The van der Waals surface area contributed by atoms with Gasteiger partial charge in [-0.15, -0.1) is 0 Å². The van der Waals surface area contributed by atoms with Gasteiger partial charge < -0.3 is 9.13 Å². The van der Waals surface area contributed by atoms with Crippen LogP contribution in [-0.2, 0) is 0 Å².